The van der Waals surface area contributed by atoms with Crippen LogP contribution in [0.2, 0.25) is 0 Å². The van der Waals surface area contributed by atoms with Crippen LogP contribution in [-0.4, -0.2) is 19.0 Å². The molecule has 0 radical (unpaired) electrons. The molecule has 2 aromatic rings. The Morgan fingerprint density at radius 1 is 1.04 bits per heavy atom. The fourth-order valence-electron chi connectivity index (χ4n) is 2.58. The lowest BCUT2D eigenvalue weighted by atomic mass is 9.98. The van der Waals surface area contributed by atoms with Gasteiger partial charge in [0, 0.05) is 0 Å². The third kappa shape index (κ3) is 4.63. The first-order valence-electron chi connectivity index (χ1n) is 8.03. The van der Waals surface area contributed by atoms with Crippen LogP contribution in [0.15, 0.2) is 54.6 Å². The summed E-state index contributed by atoms with van der Waals surface area (Å²) >= 11 is 0. The maximum atomic E-state index is 13.2. The van der Waals surface area contributed by atoms with Crippen molar-refractivity contribution >= 4 is 5.91 Å². The number of benzene rings is 2. The zero-order valence-corrected chi connectivity index (χ0v) is 13.0. The van der Waals surface area contributed by atoms with Gasteiger partial charge >= 0.3 is 0 Å². The van der Waals surface area contributed by atoms with Crippen molar-refractivity contribution in [3.63, 3.8) is 0 Å². The number of carbonyl (C=O) groups excluding carboxylic acids is 1. The van der Waals surface area contributed by atoms with Gasteiger partial charge in [-0.15, -0.1) is 0 Å². The summed E-state index contributed by atoms with van der Waals surface area (Å²) in [6, 6.07) is 15.7. The largest absolute Gasteiger partial charge is 0.344 e. The average molecular weight is 312 g/mol. The Morgan fingerprint density at radius 3 is 2.35 bits per heavy atom. The van der Waals surface area contributed by atoms with E-state index in [0.717, 1.165) is 23.6 Å². The van der Waals surface area contributed by atoms with Gasteiger partial charge in [0.1, 0.15) is 5.82 Å². The van der Waals surface area contributed by atoms with Crippen LogP contribution in [0.1, 0.15) is 30.0 Å². The van der Waals surface area contributed by atoms with Crippen molar-refractivity contribution < 1.29 is 9.18 Å². The lowest BCUT2D eigenvalue weighted by Gasteiger charge is -2.20. The van der Waals surface area contributed by atoms with Crippen molar-refractivity contribution in [1.29, 1.82) is 0 Å². The minimum atomic E-state index is -0.280. The number of halogens is 1. The standard InChI is InChI=1S/C19H21FN2O/c20-17-10-8-16(9-11-17)19(15-4-2-1-3-5-15)22-18(23)13-21-12-14-6-7-14/h1-5,8-11,14,19,21H,6-7,12-13H2,(H,22,23). The van der Waals surface area contributed by atoms with E-state index in [2.05, 4.69) is 10.6 Å². The molecule has 3 rings (SSSR count). The first-order chi connectivity index (χ1) is 11.2. The molecule has 0 bridgehead atoms. The predicted octanol–water partition coefficient (Wildman–Crippen LogP) is 3.03. The maximum Gasteiger partial charge on any atom is 0.234 e. The van der Waals surface area contributed by atoms with E-state index in [0.29, 0.717) is 6.54 Å². The molecule has 0 aliphatic heterocycles. The van der Waals surface area contributed by atoms with E-state index in [4.69, 9.17) is 0 Å². The molecule has 1 aliphatic rings. The monoisotopic (exact) mass is 312 g/mol. The molecule has 3 nitrogen and oxygen atoms in total. The highest BCUT2D eigenvalue weighted by molar-refractivity contribution is 5.79. The molecule has 0 saturated heterocycles. The molecular weight excluding hydrogens is 291 g/mol. The number of nitrogens with one attached hydrogen (secondary N) is 2. The van der Waals surface area contributed by atoms with Gasteiger partial charge in [0.05, 0.1) is 12.6 Å². The van der Waals surface area contributed by atoms with E-state index >= 15 is 0 Å². The van der Waals surface area contributed by atoms with Crippen LogP contribution >= 0.6 is 0 Å². The van der Waals surface area contributed by atoms with Gasteiger partial charge in [0.2, 0.25) is 5.91 Å². The van der Waals surface area contributed by atoms with E-state index in [1.807, 2.05) is 30.3 Å². The van der Waals surface area contributed by atoms with Gasteiger partial charge in [0.15, 0.2) is 0 Å². The van der Waals surface area contributed by atoms with Crippen LogP contribution in [0.4, 0.5) is 4.39 Å². The molecule has 2 N–H and O–H groups in total. The summed E-state index contributed by atoms with van der Waals surface area (Å²) in [6.07, 6.45) is 2.52. The van der Waals surface area contributed by atoms with Crippen molar-refractivity contribution in [2.24, 2.45) is 5.92 Å². The highest BCUT2D eigenvalue weighted by Gasteiger charge is 2.21. The Hall–Kier alpha value is -2.20. The first-order valence-corrected chi connectivity index (χ1v) is 8.03. The molecule has 120 valence electrons. The number of hydrogen-bond donors (Lipinski definition) is 2. The van der Waals surface area contributed by atoms with Crippen LogP contribution in [-0.2, 0) is 4.79 Å². The Kier molecular flexibility index (Phi) is 5.03. The van der Waals surface area contributed by atoms with Crippen molar-refractivity contribution in [2.75, 3.05) is 13.1 Å². The molecule has 0 aromatic heterocycles. The number of rotatable bonds is 7. The normalized spacial score (nSPS) is 15.2. The Bertz CT molecular complexity index is 638. The van der Waals surface area contributed by atoms with Crippen LogP contribution in [0, 0.1) is 11.7 Å². The molecule has 0 spiro atoms. The van der Waals surface area contributed by atoms with Gasteiger partial charge in [-0.3, -0.25) is 4.79 Å². The summed E-state index contributed by atoms with van der Waals surface area (Å²) in [5, 5.41) is 6.23. The van der Waals surface area contributed by atoms with Crippen molar-refractivity contribution in [1.82, 2.24) is 10.6 Å². The first kappa shape index (κ1) is 15.7. The summed E-state index contributed by atoms with van der Waals surface area (Å²) in [4.78, 5) is 12.2. The third-order valence-electron chi connectivity index (χ3n) is 4.06. The molecule has 4 heteroatoms. The van der Waals surface area contributed by atoms with Crippen LogP contribution in [0.3, 0.4) is 0 Å². The Balaban J connectivity index is 1.69. The lowest BCUT2D eigenvalue weighted by Crippen LogP contribution is -2.37. The summed E-state index contributed by atoms with van der Waals surface area (Å²) in [5.41, 5.74) is 1.85. The van der Waals surface area contributed by atoms with Gasteiger partial charge in [0.25, 0.3) is 0 Å². The molecule has 1 aliphatic carbocycles. The maximum absolute atomic E-state index is 13.2. The topological polar surface area (TPSA) is 41.1 Å². The highest BCUT2D eigenvalue weighted by Crippen LogP contribution is 2.27. The molecular formula is C19H21FN2O. The van der Waals surface area contributed by atoms with E-state index in [1.165, 1.54) is 25.0 Å². The molecule has 1 fully saturated rings. The third-order valence-corrected chi connectivity index (χ3v) is 4.06. The van der Waals surface area contributed by atoms with Crippen molar-refractivity contribution in [2.45, 2.75) is 18.9 Å². The fraction of sp³-hybridized carbons (Fsp3) is 0.316. The fourth-order valence-corrected chi connectivity index (χ4v) is 2.58. The predicted molar refractivity (Wildman–Crippen MR) is 88.4 cm³/mol. The SMILES string of the molecule is O=C(CNCC1CC1)NC(c1ccccc1)c1ccc(F)cc1. The van der Waals surface area contributed by atoms with E-state index in [-0.39, 0.29) is 17.8 Å². The van der Waals surface area contributed by atoms with E-state index < -0.39 is 0 Å². The van der Waals surface area contributed by atoms with Gasteiger partial charge in [-0.05, 0) is 48.6 Å². The smallest absolute Gasteiger partial charge is 0.234 e. The number of hydrogen-bond acceptors (Lipinski definition) is 2. The quantitative estimate of drug-likeness (QED) is 0.825. The second-order valence-corrected chi connectivity index (χ2v) is 6.04. The average Bonchev–Trinajstić information content (AvgIpc) is 3.39. The second kappa shape index (κ2) is 7.38. The van der Waals surface area contributed by atoms with Crippen LogP contribution in [0.25, 0.3) is 0 Å². The van der Waals surface area contributed by atoms with Crippen LogP contribution < -0.4 is 10.6 Å². The van der Waals surface area contributed by atoms with E-state index in [1.54, 1.807) is 12.1 Å². The summed E-state index contributed by atoms with van der Waals surface area (Å²) < 4.78 is 13.2. The minimum Gasteiger partial charge on any atom is -0.344 e. The number of carbonyl (C=O) groups is 1. The minimum absolute atomic E-state index is 0.0520. The van der Waals surface area contributed by atoms with Gasteiger partial charge in [-0.25, -0.2) is 4.39 Å². The second-order valence-electron chi connectivity index (χ2n) is 6.04. The van der Waals surface area contributed by atoms with E-state index in [9.17, 15) is 9.18 Å². The molecule has 1 saturated carbocycles. The van der Waals surface area contributed by atoms with Gasteiger partial charge < -0.3 is 10.6 Å². The summed E-state index contributed by atoms with van der Waals surface area (Å²) in [6.45, 7) is 1.21. The molecule has 1 atom stereocenters. The zero-order chi connectivity index (χ0) is 16.1. The molecule has 0 heterocycles. The number of amides is 1. The van der Waals surface area contributed by atoms with Gasteiger partial charge in [-0.1, -0.05) is 42.5 Å². The molecule has 2 aromatic carbocycles. The highest BCUT2D eigenvalue weighted by atomic mass is 19.1. The van der Waals surface area contributed by atoms with Crippen molar-refractivity contribution in [3.05, 3.63) is 71.5 Å². The van der Waals surface area contributed by atoms with Gasteiger partial charge in [-0.2, -0.15) is 0 Å². The molecule has 1 unspecified atom stereocenters. The summed E-state index contributed by atoms with van der Waals surface area (Å²) in [5.74, 6) is 0.409. The molecule has 23 heavy (non-hydrogen) atoms. The Morgan fingerprint density at radius 2 is 1.70 bits per heavy atom. The Labute approximate surface area is 135 Å². The zero-order valence-electron chi connectivity index (χ0n) is 13.0. The lowest BCUT2D eigenvalue weighted by molar-refractivity contribution is -0.120. The van der Waals surface area contributed by atoms with Crippen LogP contribution in [0.5, 0.6) is 0 Å². The molecule has 1 amide bonds. The summed E-state index contributed by atoms with van der Waals surface area (Å²) in [7, 11) is 0. The van der Waals surface area contributed by atoms with Crippen molar-refractivity contribution in [3.8, 4) is 0 Å².